The van der Waals surface area contributed by atoms with Gasteiger partial charge in [0.25, 0.3) is 0 Å². The van der Waals surface area contributed by atoms with Crippen LogP contribution in [0.3, 0.4) is 0 Å². The molecule has 1 aromatic heterocycles. The van der Waals surface area contributed by atoms with Crippen molar-refractivity contribution in [3.63, 3.8) is 0 Å². The van der Waals surface area contributed by atoms with Gasteiger partial charge in [-0.1, -0.05) is 13.2 Å². The maximum Gasteiger partial charge on any atom is 0.330 e. The van der Waals surface area contributed by atoms with Crippen LogP contribution >= 0.6 is 0 Å². The largest absolute Gasteiger partial charge is 0.469 e. The van der Waals surface area contributed by atoms with Crippen molar-refractivity contribution in [3.8, 4) is 0 Å². The molecule has 0 spiro atoms. The Labute approximate surface area is 134 Å². The zero-order chi connectivity index (χ0) is 17.7. The van der Waals surface area contributed by atoms with E-state index >= 15 is 0 Å². The van der Waals surface area contributed by atoms with E-state index in [1.807, 2.05) is 0 Å². The third kappa shape index (κ3) is 9.28. The van der Waals surface area contributed by atoms with Crippen LogP contribution in [0.25, 0.3) is 0 Å². The molecule has 0 aliphatic rings. The van der Waals surface area contributed by atoms with Crippen LogP contribution < -0.4 is 0 Å². The van der Waals surface area contributed by atoms with Gasteiger partial charge in [0.2, 0.25) is 0 Å². The lowest BCUT2D eigenvalue weighted by atomic mass is 10.1. The molecule has 0 aliphatic heterocycles. The first-order valence-corrected chi connectivity index (χ1v) is 6.88. The molecular formula is C16H22O7. The molecule has 0 radical (unpaired) electrons. The van der Waals surface area contributed by atoms with Crippen LogP contribution in [0.15, 0.2) is 48.1 Å². The number of furan rings is 1. The highest BCUT2D eigenvalue weighted by Gasteiger charge is 2.25. The van der Waals surface area contributed by atoms with Crippen molar-refractivity contribution in [2.45, 2.75) is 25.6 Å². The molecule has 2 N–H and O–H groups in total. The van der Waals surface area contributed by atoms with Gasteiger partial charge >= 0.3 is 11.9 Å². The second-order valence-corrected chi connectivity index (χ2v) is 4.26. The van der Waals surface area contributed by atoms with Gasteiger partial charge in [0, 0.05) is 18.6 Å². The van der Waals surface area contributed by atoms with Crippen molar-refractivity contribution in [2.75, 3.05) is 13.2 Å². The van der Waals surface area contributed by atoms with Crippen LogP contribution in [0.1, 0.15) is 12.7 Å². The third-order valence-electron chi connectivity index (χ3n) is 2.51. The van der Waals surface area contributed by atoms with E-state index in [9.17, 15) is 9.59 Å². The van der Waals surface area contributed by atoms with Crippen molar-refractivity contribution >= 4 is 11.9 Å². The Morgan fingerprint density at radius 2 is 1.78 bits per heavy atom. The topological polar surface area (TPSA) is 106 Å². The number of carbonyl (C=O) groups is 2. The lowest BCUT2D eigenvalue weighted by Crippen LogP contribution is -2.34. The van der Waals surface area contributed by atoms with E-state index in [1.165, 1.54) is 6.26 Å². The molecule has 0 saturated heterocycles. The molecule has 23 heavy (non-hydrogen) atoms. The predicted octanol–water partition coefficient (Wildman–Crippen LogP) is 1.01. The Morgan fingerprint density at radius 1 is 1.22 bits per heavy atom. The Hall–Kier alpha value is -2.38. The summed E-state index contributed by atoms with van der Waals surface area (Å²) in [4.78, 5) is 22.4. The van der Waals surface area contributed by atoms with Gasteiger partial charge in [-0.05, 0) is 19.1 Å². The minimum absolute atomic E-state index is 0.125. The fourth-order valence-corrected chi connectivity index (χ4v) is 1.43. The predicted molar refractivity (Wildman–Crippen MR) is 82.4 cm³/mol. The fourth-order valence-electron chi connectivity index (χ4n) is 1.43. The molecule has 0 aliphatic carbocycles. The van der Waals surface area contributed by atoms with Gasteiger partial charge in [-0.3, -0.25) is 0 Å². The van der Waals surface area contributed by atoms with Gasteiger partial charge in [-0.25, -0.2) is 9.59 Å². The Bertz CT molecular complexity index is 477. The summed E-state index contributed by atoms with van der Waals surface area (Å²) in [5.41, 5.74) is 0. The zero-order valence-corrected chi connectivity index (χ0v) is 13.0. The zero-order valence-electron chi connectivity index (χ0n) is 13.0. The molecule has 0 aromatic carbocycles. The molecule has 0 amide bonds. The number of aliphatic hydroxyl groups is 2. The van der Waals surface area contributed by atoms with E-state index in [-0.39, 0.29) is 13.2 Å². The van der Waals surface area contributed by atoms with Crippen LogP contribution in [-0.4, -0.2) is 47.6 Å². The number of hydrogen-bond donors (Lipinski definition) is 2. The molecule has 7 nitrogen and oxygen atoms in total. The lowest BCUT2D eigenvalue weighted by Gasteiger charge is -2.22. The van der Waals surface area contributed by atoms with E-state index in [4.69, 9.17) is 24.1 Å². The van der Waals surface area contributed by atoms with E-state index < -0.39 is 24.1 Å². The van der Waals surface area contributed by atoms with Gasteiger partial charge < -0.3 is 24.1 Å². The lowest BCUT2D eigenvalue weighted by molar-refractivity contribution is -0.160. The average Bonchev–Trinajstić information content (AvgIpc) is 3.07. The summed E-state index contributed by atoms with van der Waals surface area (Å²) >= 11 is 0. The summed E-state index contributed by atoms with van der Waals surface area (Å²) < 4.78 is 15.4. The highest BCUT2D eigenvalue weighted by Crippen LogP contribution is 2.13. The van der Waals surface area contributed by atoms with Gasteiger partial charge in [0.15, 0.2) is 0 Å². The van der Waals surface area contributed by atoms with Crippen LogP contribution in [0.2, 0.25) is 0 Å². The van der Waals surface area contributed by atoms with E-state index in [0.717, 1.165) is 12.2 Å². The molecule has 0 fully saturated rings. The summed E-state index contributed by atoms with van der Waals surface area (Å²) in [6, 6.07) is 3.47. The minimum Gasteiger partial charge on any atom is -0.469 e. The number of rotatable bonds is 8. The van der Waals surface area contributed by atoms with Crippen LogP contribution in [0, 0.1) is 0 Å². The molecule has 1 rings (SSSR count). The highest BCUT2D eigenvalue weighted by atomic mass is 16.6. The van der Waals surface area contributed by atoms with Crippen molar-refractivity contribution in [1.82, 2.24) is 0 Å². The monoisotopic (exact) mass is 326 g/mol. The molecule has 1 aromatic rings. The molecule has 1 heterocycles. The molecule has 0 bridgehead atoms. The summed E-state index contributed by atoms with van der Waals surface area (Å²) in [5.74, 6) is -0.534. The van der Waals surface area contributed by atoms with E-state index in [2.05, 4.69) is 13.2 Å². The second-order valence-electron chi connectivity index (χ2n) is 4.26. The molecule has 2 unspecified atom stereocenters. The number of esters is 2. The number of ether oxygens (including phenoxy) is 2. The summed E-state index contributed by atoms with van der Waals surface area (Å²) in [5, 5.41) is 15.2. The van der Waals surface area contributed by atoms with Gasteiger partial charge in [0.05, 0.1) is 19.5 Å². The number of hydrogen-bond acceptors (Lipinski definition) is 7. The average molecular weight is 326 g/mol. The summed E-state index contributed by atoms with van der Waals surface area (Å²) in [7, 11) is 0. The summed E-state index contributed by atoms with van der Waals surface area (Å²) in [6.45, 7) is 8.01. The van der Waals surface area contributed by atoms with Crippen molar-refractivity contribution in [3.05, 3.63) is 49.5 Å². The van der Waals surface area contributed by atoms with Crippen LogP contribution in [-0.2, 0) is 25.5 Å². The number of carbonyl (C=O) groups excluding carboxylic acids is 2. The maximum absolute atomic E-state index is 11.3. The minimum atomic E-state index is -0.652. The second kappa shape index (κ2) is 12.2. The fraction of sp³-hybridized carbons (Fsp3) is 0.375. The first kappa shape index (κ1) is 20.6. The van der Waals surface area contributed by atoms with E-state index in [1.54, 1.807) is 19.1 Å². The molecule has 128 valence electrons. The van der Waals surface area contributed by atoms with Gasteiger partial charge in [0.1, 0.15) is 18.0 Å². The molecule has 2 atom stereocenters. The van der Waals surface area contributed by atoms with Crippen LogP contribution in [0.5, 0.6) is 0 Å². The van der Waals surface area contributed by atoms with Gasteiger partial charge in [-0.15, -0.1) is 0 Å². The first-order valence-electron chi connectivity index (χ1n) is 6.88. The van der Waals surface area contributed by atoms with Crippen molar-refractivity contribution < 1.29 is 33.7 Å². The SMILES string of the molecule is C=CC(=O)OC(C)C(Cc1ccco1)OC(=O)C=C.OCCO. The smallest absolute Gasteiger partial charge is 0.330 e. The quantitative estimate of drug-likeness (QED) is 0.542. The number of aliphatic hydroxyl groups excluding tert-OH is 2. The Kier molecular flexibility index (Phi) is 10.9. The van der Waals surface area contributed by atoms with Crippen LogP contribution in [0.4, 0.5) is 0 Å². The molecule has 0 saturated carbocycles. The first-order chi connectivity index (χ1) is 11.0. The normalized spacial score (nSPS) is 12.1. The standard InChI is InChI=1S/C14H16O5.C2H6O2/c1-4-13(15)18-10(3)12(19-14(16)5-2)9-11-7-6-8-17-11;3-1-2-4/h4-8,10,12H,1-2,9H2,3H3;3-4H,1-2H2. The Morgan fingerprint density at radius 3 is 2.22 bits per heavy atom. The molecule has 7 heteroatoms. The maximum atomic E-state index is 11.3. The van der Waals surface area contributed by atoms with E-state index in [0.29, 0.717) is 12.2 Å². The van der Waals surface area contributed by atoms with Gasteiger partial charge in [-0.2, -0.15) is 0 Å². The third-order valence-corrected chi connectivity index (χ3v) is 2.51. The Balaban J connectivity index is 0.00000108. The highest BCUT2D eigenvalue weighted by molar-refractivity contribution is 5.82. The summed E-state index contributed by atoms with van der Waals surface area (Å²) in [6.07, 6.45) is 2.65. The van der Waals surface area contributed by atoms with Crippen molar-refractivity contribution in [2.24, 2.45) is 0 Å². The molecular weight excluding hydrogens is 304 g/mol. The van der Waals surface area contributed by atoms with Crippen molar-refractivity contribution in [1.29, 1.82) is 0 Å².